The van der Waals surface area contributed by atoms with Gasteiger partial charge in [-0.3, -0.25) is 0 Å². The zero-order valence-electron chi connectivity index (χ0n) is 11.5. The molecule has 0 aliphatic heterocycles. The van der Waals surface area contributed by atoms with E-state index >= 15 is 0 Å². The quantitative estimate of drug-likeness (QED) is 0.811. The molecular weight excluding hydrogens is 232 g/mol. The lowest BCUT2D eigenvalue weighted by Gasteiger charge is -2.16. The predicted molar refractivity (Wildman–Crippen MR) is 79.0 cm³/mol. The minimum absolute atomic E-state index is 0.892. The molecule has 0 spiro atoms. The van der Waals surface area contributed by atoms with Crippen molar-refractivity contribution in [3.8, 4) is 0 Å². The van der Waals surface area contributed by atoms with Crippen LogP contribution < -0.4 is 0 Å². The summed E-state index contributed by atoms with van der Waals surface area (Å²) in [4.78, 5) is 4.06. The van der Waals surface area contributed by atoms with Crippen LogP contribution in [0.5, 0.6) is 0 Å². The minimum atomic E-state index is 0.892. The van der Waals surface area contributed by atoms with Gasteiger partial charge in [0.2, 0.25) is 0 Å². The first kappa shape index (κ1) is 12.2. The largest absolute Gasteiger partial charge is 0.334 e. The summed E-state index contributed by atoms with van der Waals surface area (Å²) in [6.07, 6.45) is 13.1. The minimum Gasteiger partial charge on any atom is -0.334 e. The maximum atomic E-state index is 4.06. The number of aryl methyl sites for hydroxylation is 2. The Balaban J connectivity index is 1.79. The number of allylic oxidation sites excluding steroid dienone is 2. The van der Waals surface area contributed by atoms with Crippen LogP contribution in [0, 0.1) is 0 Å². The van der Waals surface area contributed by atoms with E-state index in [0.717, 1.165) is 6.54 Å². The summed E-state index contributed by atoms with van der Waals surface area (Å²) >= 11 is 0. The van der Waals surface area contributed by atoms with Gasteiger partial charge in [0.05, 0.1) is 6.33 Å². The molecule has 0 saturated carbocycles. The molecule has 0 radical (unpaired) electrons. The normalized spacial score (nSPS) is 15.3. The van der Waals surface area contributed by atoms with Crippen LogP contribution in [0.1, 0.15) is 36.5 Å². The summed E-state index contributed by atoms with van der Waals surface area (Å²) < 4.78 is 2.09. The summed E-state index contributed by atoms with van der Waals surface area (Å²) in [7, 11) is 0. The van der Waals surface area contributed by atoms with Gasteiger partial charge in [-0.05, 0) is 54.9 Å². The molecule has 0 unspecified atom stereocenters. The molecule has 0 atom stereocenters. The molecule has 0 fully saturated rings. The Kier molecular flexibility index (Phi) is 3.49. The summed E-state index contributed by atoms with van der Waals surface area (Å²) in [6, 6.07) is 6.97. The SMILES string of the molecule is CC(=CCn1ccnc1)c1ccc2c(c1)CCCC2. The van der Waals surface area contributed by atoms with Crippen LogP contribution in [-0.2, 0) is 19.4 Å². The van der Waals surface area contributed by atoms with Gasteiger partial charge < -0.3 is 4.57 Å². The van der Waals surface area contributed by atoms with E-state index in [1.54, 1.807) is 11.1 Å². The number of hydrogen-bond acceptors (Lipinski definition) is 1. The zero-order chi connectivity index (χ0) is 13.1. The molecule has 2 nitrogen and oxygen atoms in total. The summed E-state index contributed by atoms with van der Waals surface area (Å²) in [5, 5.41) is 0. The van der Waals surface area contributed by atoms with Gasteiger partial charge >= 0.3 is 0 Å². The Morgan fingerprint density at radius 3 is 2.89 bits per heavy atom. The first-order chi connectivity index (χ1) is 9.33. The molecule has 2 heteroatoms. The van der Waals surface area contributed by atoms with Crippen molar-refractivity contribution in [3.05, 3.63) is 59.7 Å². The predicted octanol–water partition coefficient (Wildman–Crippen LogP) is 3.87. The highest BCUT2D eigenvalue weighted by molar-refractivity contribution is 5.64. The van der Waals surface area contributed by atoms with Crippen molar-refractivity contribution in [2.45, 2.75) is 39.2 Å². The number of rotatable bonds is 3. The molecular formula is C17H20N2. The van der Waals surface area contributed by atoms with Crippen LogP contribution in [-0.4, -0.2) is 9.55 Å². The Morgan fingerprint density at radius 1 is 1.26 bits per heavy atom. The molecule has 0 bridgehead atoms. The fourth-order valence-corrected chi connectivity index (χ4v) is 2.73. The van der Waals surface area contributed by atoms with E-state index in [2.05, 4.69) is 40.7 Å². The molecule has 1 heterocycles. The standard InChI is InChI=1S/C17H20N2/c1-14(8-10-19-11-9-18-13-19)16-7-6-15-4-2-3-5-17(15)12-16/h6-9,11-13H,2-5,10H2,1H3. The fraction of sp³-hybridized carbons (Fsp3) is 0.353. The van der Waals surface area contributed by atoms with Gasteiger partial charge in [0.15, 0.2) is 0 Å². The summed E-state index contributed by atoms with van der Waals surface area (Å²) in [5.41, 5.74) is 5.82. The van der Waals surface area contributed by atoms with E-state index in [4.69, 9.17) is 0 Å². The summed E-state index contributed by atoms with van der Waals surface area (Å²) in [5.74, 6) is 0. The molecule has 2 aromatic rings. The lowest BCUT2D eigenvalue weighted by molar-refractivity contribution is 0.685. The maximum absolute atomic E-state index is 4.06. The van der Waals surface area contributed by atoms with E-state index < -0.39 is 0 Å². The van der Waals surface area contributed by atoms with Crippen LogP contribution in [0.25, 0.3) is 5.57 Å². The average molecular weight is 252 g/mol. The topological polar surface area (TPSA) is 17.8 Å². The highest BCUT2D eigenvalue weighted by Crippen LogP contribution is 2.25. The number of fused-ring (bicyclic) bond motifs is 1. The van der Waals surface area contributed by atoms with Gasteiger partial charge in [-0.1, -0.05) is 24.3 Å². The van der Waals surface area contributed by atoms with Crippen LogP contribution >= 0.6 is 0 Å². The van der Waals surface area contributed by atoms with Crippen molar-refractivity contribution < 1.29 is 0 Å². The van der Waals surface area contributed by atoms with Crippen LogP contribution in [0.2, 0.25) is 0 Å². The van der Waals surface area contributed by atoms with Crippen LogP contribution in [0.3, 0.4) is 0 Å². The third-order valence-electron chi connectivity index (χ3n) is 3.97. The molecule has 98 valence electrons. The Labute approximate surface area is 114 Å². The first-order valence-corrected chi connectivity index (χ1v) is 7.07. The number of imidazole rings is 1. The monoisotopic (exact) mass is 252 g/mol. The molecule has 1 aromatic heterocycles. The maximum Gasteiger partial charge on any atom is 0.0948 e. The molecule has 3 rings (SSSR count). The van der Waals surface area contributed by atoms with Gasteiger partial charge in [-0.25, -0.2) is 4.98 Å². The second kappa shape index (κ2) is 5.43. The third-order valence-corrected chi connectivity index (χ3v) is 3.97. The van der Waals surface area contributed by atoms with Crippen molar-refractivity contribution in [1.29, 1.82) is 0 Å². The van der Waals surface area contributed by atoms with Crippen LogP contribution in [0.4, 0.5) is 0 Å². The van der Waals surface area contributed by atoms with Crippen molar-refractivity contribution in [2.75, 3.05) is 0 Å². The van der Waals surface area contributed by atoms with E-state index in [9.17, 15) is 0 Å². The van der Waals surface area contributed by atoms with Gasteiger partial charge in [-0.15, -0.1) is 0 Å². The highest BCUT2D eigenvalue weighted by Gasteiger charge is 2.09. The molecule has 0 saturated heterocycles. The van der Waals surface area contributed by atoms with Crippen molar-refractivity contribution in [3.63, 3.8) is 0 Å². The van der Waals surface area contributed by atoms with E-state index in [0.29, 0.717) is 0 Å². The lowest BCUT2D eigenvalue weighted by Crippen LogP contribution is -2.02. The van der Waals surface area contributed by atoms with Gasteiger partial charge in [0, 0.05) is 18.9 Å². The summed E-state index contributed by atoms with van der Waals surface area (Å²) in [6.45, 7) is 3.09. The molecule has 19 heavy (non-hydrogen) atoms. The lowest BCUT2D eigenvalue weighted by atomic mass is 9.89. The van der Waals surface area contributed by atoms with E-state index in [-0.39, 0.29) is 0 Å². The van der Waals surface area contributed by atoms with Gasteiger partial charge in [0.1, 0.15) is 0 Å². The number of aromatic nitrogens is 2. The van der Waals surface area contributed by atoms with E-state index in [1.165, 1.54) is 36.8 Å². The second-order valence-corrected chi connectivity index (χ2v) is 5.34. The Hall–Kier alpha value is -1.83. The highest BCUT2D eigenvalue weighted by atomic mass is 15.0. The van der Waals surface area contributed by atoms with Crippen molar-refractivity contribution in [1.82, 2.24) is 9.55 Å². The Morgan fingerprint density at radius 2 is 2.11 bits per heavy atom. The smallest absolute Gasteiger partial charge is 0.0948 e. The average Bonchev–Trinajstić information content (AvgIpc) is 2.97. The molecule has 0 amide bonds. The molecule has 1 aliphatic carbocycles. The third kappa shape index (κ3) is 2.78. The molecule has 0 N–H and O–H groups in total. The number of hydrogen-bond donors (Lipinski definition) is 0. The van der Waals surface area contributed by atoms with Crippen molar-refractivity contribution in [2.24, 2.45) is 0 Å². The molecule has 1 aliphatic rings. The van der Waals surface area contributed by atoms with Gasteiger partial charge in [-0.2, -0.15) is 0 Å². The fourth-order valence-electron chi connectivity index (χ4n) is 2.73. The van der Waals surface area contributed by atoms with Crippen LogP contribution in [0.15, 0.2) is 43.0 Å². The van der Waals surface area contributed by atoms with Crippen molar-refractivity contribution >= 4 is 5.57 Å². The van der Waals surface area contributed by atoms with E-state index in [1.807, 2.05) is 18.7 Å². The first-order valence-electron chi connectivity index (χ1n) is 7.07. The van der Waals surface area contributed by atoms with Gasteiger partial charge in [0.25, 0.3) is 0 Å². The zero-order valence-corrected chi connectivity index (χ0v) is 11.5. The number of benzene rings is 1. The second-order valence-electron chi connectivity index (χ2n) is 5.34. The molecule has 1 aromatic carbocycles. The number of nitrogens with zero attached hydrogens (tertiary/aromatic N) is 2. The Bertz CT molecular complexity index is 579.